The van der Waals surface area contributed by atoms with Crippen molar-refractivity contribution in [2.45, 2.75) is 38.7 Å². The Bertz CT molecular complexity index is 555. The van der Waals surface area contributed by atoms with Gasteiger partial charge in [0.25, 0.3) is 0 Å². The Morgan fingerprint density at radius 2 is 1.95 bits per heavy atom. The molecule has 1 amide bonds. The van der Waals surface area contributed by atoms with E-state index in [0.717, 1.165) is 12.0 Å². The highest BCUT2D eigenvalue weighted by Gasteiger charge is 2.31. The van der Waals surface area contributed by atoms with Crippen LogP contribution >= 0.6 is 34.8 Å². The standard InChI is InChI=1S/C15H18Cl3NO2/c1-15(2,3)21-14(20)19-5-4-9(8-19)11-6-10(16)7-12(17)13(11)18/h6-7,9H,4-5,8H2,1-3H3. The average Bonchev–Trinajstić information content (AvgIpc) is 2.81. The largest absolute Gasteiger partial charge is 0.444 e. The van der Waals surface area contributed by atoms with E-state index >= 15 is 0 Å². The molecule has 1 heterocycles. The number of hydrogen-bond acceptors (Lipinski definition) is 2. The van der Waals surface area contributed by atoms with Crippen LogP contribution in [-0.4, -0.2) is 29.7 Å². The number of ether oxygens (including phenoxy) is 1. The maximum absolute atomic E-state index is 12.1. The fourth-order valence-electron chi connectivity index (χ4n) is 2.38. The van der Waals surface area contributed by atoms with Crippen molar-refractivity contribution in [1.82, 2.24) is 4.90 Å². The highest BCUT2D eigenvalue weighted by molar-refractivity contribution is 6.43. The number of nitrogens with zero attached hydrogens (tertiary/aromatic N) is 1. The second-order valence-corrected chi connectivity index (χ2v) is 7.42. The molecule has 1 aliphatic heterocycles. The molecule has 0 radical (unpaired) electrons. The van der Waals surface area contributed by atoms with E-state index < -0.39 is 5.60 Å². The third kappa shape index (κ3) is 4.18. The first-order chi connectivity index (χ1) is 9.67. The molecule has 0 saturated carbocycles. The van der Waals surface area contributed by atoms with E-state index in [1.54, 1.807) is 11.0 Å². The quantitative estimate of drug-likeness (QED) is 0.637. The molecular weight excluding hydrogens is 333 g/mol. The highest BCUT2D eigenvalue weighted by Crippen LogP contribution is 2.38. The number of rotatable bonds is 1. The topological polar surface area (TPSA) is 29.5 Å². The molecule has 1 aromatic rings. The summed E-state index contributed by atoms with van der Waals surface area (Å²) in [6.45, 7) is 6.76. The predicted octanol–water partition coefficient (Wildman–Crippen LogP) is 5.37. The van der Waals surface area contributed by atoms with Crippen LogP contribution in [-0.2, 0) is 4.74 Å². The van der Waals surface area contributed by atoms with Gasteiger partial charge in [0, 0.05) is 24.0 Å². The molecule has 1 fully saturated rings. The van der Waals surface area contributed by atoms with Crippen molar-refractivity contribution in [2.24, 2.45) is 0 Å². The molecule has 1 unspecified atom stereocenters. The first kappa shape index (κ1) is 16.7. The van der Waals surface area contributed by atoms with Crippen LogP contribution in [0.25, 0.3) is 0 Å². The molecule has 2 rings (SSSR count). The van der Waals surface area contributed by atoms with Gasteiger partial charge in [-0.2, -0.15) is 0 Å². The van der Waals surface area contributed by atoms with E-state index in [9.17, 15) is 4.79 Å². The maximum atomic E-state index is 12.1. The van der Waals surface area contributed by atoms with Gasteiger partial charge in [0.05, 0.1) is 10.0 Å². The minimum absolute atomic E-state index is 0.126. The Balaban J connectivity index is 2.11. The van der Waals surface area contributed by atoms with Crippen molar-refractivity contribution >= 4 is 40.9 Å². The number of likely N-dealkylation sites (tertiary alicyclic amines) is 1. The molecule has 116 valence electrons. The van der Waals surface area contributed by atoms with Gasteiger partial charge in [0.15, 0.2) is 0 Å². The first-order valence-corrected chi connectivity index (χ1v) is 7.93. The zero-order chi connectivity index (χ0) is 15.8. The highest BCUT2D eigenvalue weighted by atomic mass is 35.5. The van der Waals surface area contributed by atoms with Gasteiger partial charge in [0.1, 0.15) is 5.60 Å². The summed E-state index contributed by atoms with van der Waals surface area (Å²) in [5.74, 6) is 0.126. The minimum atomic E-state index is -0.494. The summed E-state index contributed by atoms with van der Waals surface area (Å²) in [5.41, 5.74) is 0.395. The fourth-order valence-corrected chi connectivity index (χ4v) is 3.15. The third-order valence-corrected chi connectivity index (χ3v) is 4.34. The molecular formula is C15H18Cl3NO2. The molecule has 1 atom stereocenters. The maximum Gasteiger partial charge on any atom is 0.410 e. The Morgan fingerprint density at radius 1 is 1.29 bits per heavy atom. The van der Waals surface area contributed by atoms with Gasteiger partial charge in [-0.25, -0.2) is 4.79 Å². The van der Waals surface area contributed by atoms with Crippen molar-refractivity contribution in [3.05, 3.63) is 32.8 Å². The number of hydrogen-bond donors (Lipinski definition) is 0. The number of amides is 1. The van der Waals surface area contributed by atoms with Crippen LogP contribution in [0.4, 0.5) is 4.79 Å². The number of halogens is 3. The van der Waals surface area contributed by atoms with E-state index in [-0.39, 0.29) is 12.0 Å². The summed E-state index contributed by atoms with van der Waals surface area (Å²) in [6.07, 6.45) is 0.518. The third-order valence-electron chi connectivity index (χ3n) is 3.30. The summed E-state index contributed by atoms with van der Waals surface area (Å²) in [5, 5.41) is 1.50. The summed E-state index contributed by atoms with van der Waals surface area (Å²) in [7, 11) is 0. The van der Waals surface area contributed by atoms with Crippen molar-refractivity contribution in [1.29, 1.82) is 0 Å². The van der Waals surface area contributed by atoms with Crippen molar-refractivity contribution in [3.63, 3.8) is 0 Å². The molecule has 0 spiro atoms. The second kappa shape index (κ2) is 6.23. The van der Waals surface area contributed by atoms with Crippen LogP contribution in [0.2, 0.25) is 15.1 Å². The molecule has 1 saturated heterocycles. The van der Waals surface area contributed by atoms with E-state index in [1.807, 2.05) is 26.8 Å². The van der Waals surface area contributed by atoms with Crippen LogP contribution in [0.3, 0.4) is 0 Å². The number of carbonyl (C=O) groups is 1. The molecule has 6 heteroatoms. The summed E-state index contributed by atoms with van der Waals surface area (Å²) < 4.78 is 5.39. The molecule has 0 aromatic heterocycles. The molecule has 21 heavy (non-hydrogen) atoms. The van der Waals surface area contributed by atoms with Gasteiger partial charge in [-0.15, -0.1) is 0 Å². The lowest BCUT2D eigenvalue weighted by atomic mass is 9.98. The van der Waals surface area contributed by atoms with Crippen molar-refractivity contribution < 1.29 is 9.53 Å². The molecule has 1 aliphatic rings. The fraction of sp³-hybridized carbons (Fsp3) is 0.533. The van der Waals surface area contributed by atoms with Crippen LogP contribution < -0.4 is 0 Å². The van der Waals surface area contributed by atoms with Crippen molar-refractivity contribution in [2.75, 3.05) is 13.1 Å². The van der Waals surface area contributed by atoms with Gasteiger partial charge in [-0.05, 0) is 44.9 Å². The van der Waals surface area contributed by atoms with Gasteiger partial charge in [-0.1, -0.05) is 34.8 Å². The lowest BCUT2D eigenvalue weighted by Gasteiger charge is -2.24. The molecule has 0 N–H and O–H groups in total. The van der Waals surface area contributed by atoms with Crippen LogP contribution in [0, 0.1) is 0 Å². The number of benzene rings is 1. The van der Waals surface area contributed by atoms with Gasteiger partial charge in [0.2, 0.25) is 0 Å². The Morgan fingerprint density at radius 3 is 2.57 bits per heavy atom. The summed E-state index contributed by atoms with van der Waals surface area (Å²) in [6, 6.07) is 3.44. The lowest BCUT2D eigenvalue weighted by Crippen LogP contribution is -2.35. The SMILES string of the molecule is CC(C)(C)OC(=O)N1CCC(c2cc(Cl)cc(Cl)c2Cl)C1. The van der Waals surface area contributed by atoms with E-state index in [0.29, 0.717) is 28.2 Å². The average molecular weight is 351 g/mol. The zero-order valence-electron chi connectivity index (χ0n) is 12.3. The molecule has 1 aromatic carbocycles. The first-order valence-electron chi connectivity index (χ1n) is 6.80. The Kier molecular flexibility index (Phi) is 4.96. The van der Waals surface area contributed by atoms with E-state index in [1.165, 1.54) is 0 Å². The normalized spacial score (nSPS) is 19.0. The van der Waals surface area contributed by atoms with Crippen LogP contribution in [0.5, 0.6) is 0 Å². The molecule has 0 aliphatic carbocycles. The van der Waals surface area contributed by atoms with Crippen LogP contribution in [0.15, 0.2) is 12.1 Å². The predicted molar refractivity (Wildman–Crippen MR) is 86.6 cm³/mol. The number of carbonyl (C=O) groups excluding carboxylic acids is 1. The minimum Gasteiger partial charge on any atom is -0.444 e. The monoisotopic (exact) mass is 349 g/mol. The van der Waals surface area contributed by atoms with E-state index in [4.69, 9.17) is 39.5 Å². The van der Waals surface area contributed by atoms with Crippen LogP contribution in [0.1, 0.15) is 38.7 Å². The van der Waals surface area contributed by atoms with Crippen molar-refractivity contribution in [3.8, 4) is 0 Å². The van der Waals surface area contributed by atoms with Gasteiger partial charge >= 0.3 is 6.09 Å². The molecule has 3 nitrogen and oxygen atoms in total. The molecule has 0 bridgehead atoms. The lowest BCUT2D eigenvalue weighted by molar-refractivity contribution is 0.0292. The Hall–Kier alpha value is -0.640. The second-order valence-electron chi connectivity index (χ2n) is 6.20. The van der Waals surface area contributed by atoms with Gasteiger partial charge in [-0.3, -0.25) is 0 Å². The Labute approximate surface area is 140 Å². The van der Waals surface area contributed by atoms with E-state index in [2.05, 4.69) is 0 Å². The zero-order valence-corrected chi connectivity index (χ0v) is 14.5. The summed E-state index contributed by atoms with van der Waals surface area (Å²) in [4.78, 5) is 13.8. The summed E-state index contributed by atoms with van der Waals surface area (Å²) >= 11 is 18.4. The van der Waals surface area contributed by atoms with Gasteiger partial charge < -0.3 is 9.64 Å². The smallest absolute Gasteiger partial charge is 0.410 e.